The average Bonchev–Trinajstić information content (AvgIpc) is 1.96. The van der Waals surface area contributed by atoms with E-state index < -0.39 is 11.5 Å². The highest BCUT2D eigenvalue weighted by Gasteiger charge is 2.31. The molecule has 1 saturated carbocycles. The number of carbonyl (C=O) groups is 1. The van der Waals surface area contributed by atoms with Crippen molar-refractivity contribution in [2.45, 2.75) is 51.5 Å². The molecule has 2 atom stereocenters. The molecule has 0 aromatic rings. The van der Waals surface area contributed by atoms with Crippen LogP contribution in [0.5, 0.6) is 0 Å². The van der Waals surface area contributed by atoms with Crippen LogP contribution in [0.1, 0.15) is 46.0 Å². The predicted octanol–water partition coefficient (Wildman–Crippen LogP) is 2.00. The van der Waals surface area contributed by atoms with Gasteiger partial charge in [-0.3, -0.25) is 4.79 Å². The molecule has 3 N–H and O–H groups in total. The quantitative estimate of drug-likeness (QED) is 0.712. The molecule has 0 aromatic heterocycles. The van der Waals surface area contributed by atoms with Gasteiger partial charge in [0.05, 0.1) is 0 Å². The Morgan fingerprint density at radius 3 is 2.57 bits per heavy atom. The number of aliphatic carboxylic acids is 1. The molecule has 0 bridgehead atoms. The van der Waals surface area contributed by atoms with Crippen molar-refractivity contribution >= 4 is 5.97 Å². The van der Waals surface area contributed by atoms with E-state index >= 15 is 0 Å². The Hall–Kier alpha value is -0.570. The van der Waals surface area contributed by atoms with Crippen LogP contribution >= 0.6 is 0 Å². The lowest BCUT2D eigenvalue weighted by Crippen LogP contribution is -2.46. The Bertz CT molecular complexity index is 209. The summed E-state index contributed by atoms with van der Waals surface area (Å²) in [6, 6.07) is 0. The maximum Gasteiger partial charge on any atom is 0.323 e. The van der Waals surface area contributed by atoms with E-state index in [1.54, 1.807) is 6.92 Å². The number of rotatable bonds is 5. The van der Waals surface area contributed by atoms with Gasteiger partial charge in [-0.2, -0.15) is 0 Å². The fourth-order valence-corrected chi connectivity index (χ4v) is 2.19. The summed E-state index contributed by atoms with van der Waals surface area (Å²) in [6.07, 6.45) is 5.70. The van der Waals surface area contributed by atoms with E-state index in [-0.39, 0.29) is 0 Å². The lowest BCUT2D eigenvalue weighted by molar-refractivity contribution is -0.143. The number of carboxylic acids is 1. The van der Waals surface area contributed by atoms with E-state index in [4.69, 9.17) is 10.8 Å². The van der Waals surface area contributed by atoms with Crippen molar-refractivity contribution in [3.05, 3.63) is 0 Å². The Kier molecular flexibility index (Phi) is 3.53. The molecule has 0 heterocycles. The molecule has 1 aliphatic rings. The molecule has 14 heavy (non-hydrogen) atoms. The Labute approximate surface area is 85.7 Å². The van der Waals surface area contributed by atoms with Crippen LogP contribution in [0.15, 0.2) is 0 Å². The number of carboxylic acid groups (broad SMARTS) is 1. The zero-order valence-electron chi connectivity index (χ0n) is 9.12. The largest absolute Gasteiger partial charge is 0.480 e. The van der Waals surface area contributed by atoms with Gasteiger partial charge in [-0.05, 0) is 31.6 Å². The van der Waals surface area contributed by atoms with Gasteiger partial charge < -0.3 is 10.8 Å². The lowest BCUT2D eigenvalue weighted by atomic mass is 9.76. The highest BCUT2D eigenvalue weighted by molar-refractivity contribution is 5.77. The number of hydrogen-bond donors (Lipinski definition) is 2. The zero-order chi connectivity index (χ0) is 10.8. The zero-order valence-corrected chi connectivity index (χ0v) is 9.12. The summed E-state index contributed by atoms with van der Waals surface area (Å²) in [5.41, 5.74) is 4.64. The van der Waals surface area contributed by atoms with E-state index in [9.17, 15) is 4.79 Å². The summed E-state index contributed by atoms with van der Waals surface area (Å²) in [4.78, 5) is 10.8. The van der Waals surface area contributed by atoms with Crippen LogP contribution in [0.3, 0.4) is 0 Å². The molecule has 3 nitrogen and oxygen atoms in total. The first kappa shape index (κ1) is 11.5. The van der Waals surface area contributed by atoms with Crippen molar-refractivity contribution in [1.82, 2.24) is 0 Å². The molecule has 0 aromatic carbocycles. The summed E-state index contributed by atoms with van der Waals surface area (Å²) < 4.78 is 0. The second-order valence-electron chi connectivity index (χ2n) is 5.06. The van der Waals surface area contributed by atoms with Gasteiger partial charge in [-0.15, -0.1) is 0 Å². The molecule has 1 aliphatic carbocycles. The maximum absolute atomic E-state index is 10.8. The Balaban J connectivity index is 2.30. The molecule has 0 aliphatic heterocycles. The Morgan fingerprint density at radius 1 is 1.64 bits per heavy atom. The molecule has 1 rings (SSSR count). The van der Waals surface area contributed by atoms with Crippen molar-refractivity contribution < 1.29 is 9.90 Å². The van der Waals surface area contributed by atoms with Crippen LogP contribution in [0.4, 0.5) is 0 Å². The van der Waals surface area contributed by atoms with Crippen molar-refractivity contribution in [3.8, 4) is 0 Å². The molecule has 82 valence electrons. The summed E-state index contributed by atoms with van der Waals surface area (Å²) in [7, 11) is 0. The van der Waals surface area contributed by atoms with Gasteiger partial charge in [0.15, 0.2) is 0 Å². The summed E-state index contributed by atoms with van der Waals surface area (Å²) >= 11 is 0. The third-order valence-electron chi connectivity index (χ3n) is 3.22. The van der Waals surface area contributed by atoms with Crippen molar-refractivity contribution in [1.29, 1.82) is 0 Å². The summed E-state index contributed by atoms with van der Waals surface area (Å²) in [6.45, 7) is 3.71. The van der Waals surface area contributed by atoms with Crippen molar-refractivity contribution in [2.75, 3.05) is 0 Å². The van der Waals surface area contributed by atoms with Gasteiger partial charge in [-0.1, -0.05) is 26.2 Å². The molecule has 3 heteroatoms. The molecule has 0 saturated heterocycles. The minimum absolute atomic E-state index is 0.423. The highest BCUT2D eigenvalue weighted by Crippen LogP contribution is 2.34. The van der Waals surface area contributed by atoms with Gasteiger partial charge in [0, 0.05) is 0 Å². The fraction of sp³-hybridized carbons (Fsp3) is 0.909. The molecule has 0 spiro atoms. The molecule has 0 amide bonds. The molecule has 1 fully saturated rings. The monoisotopic (exact) mass is 199 g/mol. The normalized spacial score (nSPS) is 23.6. The van der Waals surface area contributed by atoms with Crippen LogP contribution < -0.4 is 5.73 Å². The smallest absolute Gasteiger partial charge is 0.323 e. The fourth-order valence-electron chi connectivity index (χ4n) is 2.19. The average molecular weight is 199 g/mol. The minimum atomic E-state index is -1.05. The second kappa shape index (κ2) is 4.30. The standard InChI is InChI=1S/C11H21NO2/c1-8(6-9-4-3-5-9)7-11(2,12)10(13)14/h8-9H,3-7,12H2,1-2H3,(H,13,14). The van der Waals surface area contributed by atoms with Crippen molar-refractivity contribution in [2.24, 2.45) is 17.6 Å². The first-order chi connectivity index (χ1) is 6.42. The first-order valence-electron chi connectivity index (χ1n) is 5.44. The van der Waals surface area contributed by atoms with Gasteiger partial charge in [0.1, 0.15) is 5.54 Å². The topological polar surface area (TPSA) is 63.3 Å². The van der Waals surface area contributed by atoms with E-state index in [1.807, 2.05) is 0 Å². The molecular weight excluding hydrogens is 178 g/mol. The molecule has 0 radical (unpaired) electrons. The predicted molar refractivity (Wildman–Crippen MR) is 56.0 cm³/mol. The van der Waals surface area contributed by atoms with Crippen LogP contribution in [-0.2, 0) is 4.79 Å². The van der Waals surface area contributed by atoms with Gasteiger partial charge in [-0.25, -0.2) is 0 Å². The maximum atomic E-state index is 10.8. The SMILES string of the molecule is CC(CC1CCC1)CC(C)(N)C(=O)O. The van der Waals surface area contributed by atoms with Crippen molar-refractivity contribution in [3.63, 3.8) is 0 Å². The first-order valence-corrected chi connectivity index (χ1v) is 5.44. The third kappa shape index (κ3) is 2.98. The van der Waals surface area contributed by atoms with Crippen LogP contribution in [0.2, 0.25) is 0 Å². The summed E-state index contributed by atoms with van der Waals surface area (Å²) in [5.74, 6) is 0.360. The van der Waals surface area contributed by atoms with E-state index in [0.717, 1.165) is 12.3 Å². The van der Waals surface area contributed by atoms with Gasteiger partial charge >= 0.3 is 5.97 Å². The van der Waals surface area contributed by atoms with E-state index in [1.165, 1.54) is 19.3 Å². The van der Waals surface area contributed by atoms with Crippen LogP contribution in [0, 0.1) is 11.8 Å². The third-order valence-corrected chi connectivity index (χ3v) is 3.22. The van der Waals surface area contributed by atoms with E-state index in [0.29, 0.717) is 12.3 Å². The van der Waals surface area contributed by atoms with Crippen LogP contribution in [-0.4, -0.2) is 16.6 Å². The van der Waals surface area contributed by atoms with E-state index in [2.05, 4.69) is 6.92 Å². The molecule has 2 unspecified atom stereocenters. The second-order valence-corrected chi connectivity index (χ2v) is 5.06. The van der Waals surface area contributed by atoms with Crippen LogP contribution in [0.25, 0.3) is 0 Å². The molecular formula is C11H21NO2. The van der Waals surface area contributed by atoms with Gasteiger partial charge in [0.25, 0.3) is 0 Å². The highest BCUT2D eigenvalue weighted by atomic mass is 16.4. The minimum Gasteiger partial charge on any atom is -0.480 e. The summed E-state index contributed by atoms with van der Waals surface area (Å²) in [5, 5.41) is 8.87. The number of nitrogens with two attached hydrogens (primary N) is 1. The van der Waals surface area contributed by atoms with Gasteiger partial charge in [0.2, 0.25) is 0 Å². The Morgan fingerprint density at radius 2 is 2.21 bits per heavy atom. The number of hydrogen-bond acceptors (Lipinski definition) is 2. The lowest BCUT2D eigenvalue weighted by Gasteiger charge is -2.30.